The summed E-state index contributed by atoms with van der Waals surface area (Å²) in [5.41, 5.74) is 3.96. The van der Waals surface area contributed by atoms with Gasteiger partial charge in [-0.2, -0.15) is 0 Å². The summed E-state index contributed by atoms with van der Waals surface area (Å²) in [6.45, 7) is 0.488. The first-order valence-electron chi connectivity index (χ1n) is 4.62. The number of furan rings is 1. The van der Waals surface area contributed by atoms with Gasteiger partial charge in [0.15, 0.2) is 5.76 Å². The van der Waals surface area contributed by atoms with Crippen LogP contribution >= 0.6 is 0 Å². The average molecular weight is 216 g/mol. The Morgan fingerprint density at radius 2 is 2.44 bits per heavy atom. The van der Waals surface area contributed by atoms with Crippen LogP contribution in [0.15, 0.2) is 51.1 Å². The number of nitro groups is 1. The van der Waals surface area contributed by atoms with Crippen LogP contribution in [-0.4, -0.2) is 17.7 Å². The van der Waals surface area contributed by atoms with Crippen LogP contribution in [0.25, 0.3) is 0 Å². The highest BCUT2D eigenvalue weighted by Crippen LogP contribution is 2.14. The molecule has 0 bridgehead atoms. The summed E-state index contributed by atoms with van der Waals surface area (Å²) >= 11 is 0. The molecule has 0 unspecified atom stereocenters. The van der Waals surface area contributed by atoms with Crippen molar-refractivity contribution in [1.82, 2.24) is 0 Å². The number of hydrogen-bond donors (Lipinski definition) is 0. The van der Waals surface area contributed by atoms with Gasteiger partial charge in [-0.15, -0.1) is 5.73 Å². The fourth-order valence-corrected chi connectivity index (χ4v) is 1.21. The largest absolute Gasteiger partial charge is 0.433 e. The monoisotopic (exact) mass is 216 g/mol. The quantitative estimate of drug-likeness (QED) is 0.335. The molecule has 0 aromatic carbocycles. The highest BCUT2D eigenvalue weighted by molar-refractivity contribution is 5.76. The molecule has 0 atom stereocenters. The zero-order valence-electron chi connectivity index (χ0n) is 8.29. The van der Waals surface area contributed by atoms with Crippen LogP contribution in [0.1, 0.15) is 5.76 Å². The molecule has 0 radical (unpaired) electrons. The molecule has 80 valence electrons. The third-order valence-electron chi connectivity index (χ3n) is 1.94. The molecule has 0 N–H and O–H groups in total. The van der Waals surface area contributed by atoms with Gasteiger partial charge in [-0.3, -0.25) is 15.1 Å². The Balaban J connectivity index is 1.98. The van der Waals surface area contributed by atoms with Gasteiger partial charge in [0, 0.05) is 5.57 Å². The molecule has 5 nitrogen and oxygen atoms in total. The first-order chi connectivity index (χ1) is 7.75. The van der Waals surface area contributed by atoms with E-state index < -0.39 is 4.92 Å². The molecular formula is C11H8N2O3. The lowest BCUT2D eigenvalue weighted by Gasteiger charge is -1.88. The van der Waals surface area contributed by atoms with Crippen LogP contribution in [-0.2, 0) is 0 Å². The topological polar surface area (TPSA) is 68.6 Å². The van der Waals surface area contributed by atoms with E-state index in [0.717, 1.165) is 5.57 Å². The van der Waals surface area contributed by atoms with Crippen molar-refractivity contribution in [2.45, 2.75) is 0 Å². The Labute approximate surface area is 91.3 Å². The van der Waals surface area contributed by atoms with Crippen LogP contribution < -0.4 is 0 Å². The van der Waals surface area contributed by atoms with Crippen molar-refractivity contribution in [3.8, 4) is 0 Å². The standard InChI is InChI=1S/C11H8N2O3/c14-13(15)11-6-5-10(16-11)8-12-7-9-3-1-2-4-9/h1-3,5-6,8H,7H2. The smallest absolute Gasteiger partial charge is 0.400 e. The second kappa shape index (κ2) is 4.42. The number of allylic oxidation sites excluding steroid dienone is 1. The highest BCUT2D eigenvalue weighted by Gasteiger charge is 2.09. The summed E-state index contributed by atoms with van der Waals surface area (Å²) in [4.78, 5) is 13.8. The maximum Gasteiger partial charge on any atom is 0.433 e. The fourth-order valence-electron chi connectivity index (χ4n) is 1.21. The van der Waals surface area contributed by atoms with Crippen molar-refractivity contribution in [3.05, 3.63) is 57.5 Å². The van der Waals surface area contributed by atoms with Crippen molar-refractivity contribution in [2.75, 3.05) is 6.54 Å². The van der Waals surface area contributed by atoms with Gasteiger partial charge < -0.3 is 4.42 Å². The maximum absolute atomic E-state index is 10.3. The van der Waals surface area contributed by atoms with Crippen LogP contribution in [0.4, 0.5) is 5.88 Å². The molecule has 1 aromatic heterocycles. The van der Waals surface area contributed by atoms with E-state index in [1.807, 2.05) is 18.2 Å². The predicted molar refractivity (Wildman–Crippen MR) is 58.6 cm³/mol. The van der Waals surface area contributed by atoms with E-state index in [1.54, 1.807) is 0 Å². The van der Waals surface area contributed by atoms with Gasteiger partial charge in [-0.25, -0.2) is 0 Å². The molecule has 5 heteroatoms. The second-order valence-corrected chi connectivity index (χ2v) is 3.10. The zero-order chi connectivity index (χ0) is 11.4. The third-order valence-corrected chi connectivity index (χ3v) is 1.94. The minimum absolute atomic E-state index is 0.277. The minimum Gasteiger partial charge on any atom is -0.400 e. The molecule has 0 spiro atoms. The van der Waals surface area contributed by atoms with E-state index in [0.29, 0.717) is 12.3 Å². The Hall–Kier alpha value is -2.39. The normalized spacial score (nSPS) is 13.6. The lowest BCUT2D eigenvalue weighted by atomic mass is 10.3. The van der Waals surface area contributed by atoms with Crippen molar-refractivity contribution in [1.29, 1.82) is 0 Å². The first kappa shape index (κ1) is 10.1. The molecule has 2 rings (SSSR count). The molecule has 0 aliphatic heterocycles. The van der Waals surface area contributed by atoms with E-state index in [2.05, 4.69) is 10.7 Å². The van der Waals surface area contributed by atoms with Gasteiger partial charge in [-0.05, 0) is 18.2 Å². The highest BCUT2D eigenvalue weighted by atomic mass is 16.6. The van der Waals surface area contributed by atoms with Crippen LogP contribution in [0.3, 0.4) is 0 Å². The first-order valence-corrected chi connectivity index (χ1v) is 4.62. The van der Waals surface area contributed by atoms with Crippen LogP contribution in [0.5, 0.6) is 0 Å². The van der Waals surface area contributed by atoms with Gasteiger partial charge in [0.1, 0.15) is 4.92 Å². The molecule has 1 aliphatic carbocycles. The number of nitrogens with zero attached hydrogens (tertiary/aromatic N) is 2. The molecule has 0 fully saturated rings. The fraction of sp³-hybridized carbons (Fsp3) is 0.0909. The van der Waals surface area contributed by atoms with Crippen molar-refractivity contribution >= 4 is 12.1 Å². The third kappa shape index (κ3) is 2.34. The second-order valence-electron chi connectivity index (χ2n) is 3.10. The lowest BCUT2D eigenvalue weighted by Crippen LogP contribution is -1.85. The molecule has 1 heterocycles. The minimum atomic E-state index is -0.581. The summed E-state index contributed by atoms with van der Waals surface area (Å²) < 4.78 is 4.91. The van der Waals surface area contributed by atoms with E-state index >= 15 is 0 Å². The maximum atomic E-state index is 10.3. The van der Waals surface area contributed by atoms with E-state index in [1.165, 1.54) is 18.3 Å². The van der Waals surface area contributed by atoms with Gasteiger partial charge in [0.25, 0.3) is 0 Å². The summed E-state index contributed by atoms with van der Waals surface area (Å²) in [7, 11) is 0. The SMILES string of the molecule is O=[N+]([O-])c1ccc(C=NCC2=C=CC=C2)o1. The van der Waals surface area contributed by atoms with Crippen molar-refractivity contribution in [3.63, 3.8) is 0 Å². The number of aliphatic imine (C=N–C) groups is 1. The molecule has 16 heavy (non-hydrogen) atoms. The molecule has 1 aliphatic rings. The van der Waals surface area contributed by atoms with Gasteiger partial charge in [0.2, 0.25) is 0 Å². The van der Waals surface area contributed by atoms with Gasteiger partial charge >= 0.3 is 5.88 Å². The Morgan fingerprint density at radius 3 is 3.06 bits per heavy atom. The van der Waals surface area contributed by atoms with E-state index in [4.69, 9.17) is 4.42 Å². The van der Waals surface area contributed by atoms with Gasteiger partial charge in [-0.1, -0.05) is 6.08 Å². The Morgan fingerprint density at radius 1 is 1.56 bits per heavy atom. The zero-order valence-corrected chi connectivity index (χ0v) is 8.29. The molecule has 1 aromatic rings. The summed E-state index contributed by atoms with van der Waals surface area (Å²) in [5.74, 6) is 0.0968. The summed E-state index contributed by atoms with van der Waals surface area (Å²) in [6.07, 6.45) is 7.06. The summed E-state index contributed by atoms with van der Waals surface area (Å²) in [5, 5.41) is 10.3. The van der Waals surface area contributed by atoms with E-state index in [9.17, 15) is 10.1 Å². The van der Waals surface area contributed by atoms with Crippen LogP contribution in [0.2, 0.25) is 0 Å². The number of hydrogen-bond acceptors (Lipinski definition) is 4. The predicted octanol–water partition coefficient (Wildman–Crippen LogP) is 2.26. The van der Waals surface area contributed by atoms with Gasteiger partial charge in [0.05, 0.1) is 18.8 Å². The Bertz CT molecular complexity index is 531. The van der Waals surface area contributed by atoms with Crippen LogP contribution in [0, 0.1) is 10.1 Å². The Kier molecular flexibility index (Phi) is 2.80. The number of rotatable bonds is 4. The molecular weight excluding hydrogens is 208 g/mol. The molecule has 0 saturated heterocycles. The van der Waals surface area contributed by atoms with Crippen molar-refractivity contribution < 1.29 is 9.34 Å². The van der Waals surface area contributed by atoms with Crippen molar-refractivity contribution in [2.24, 2.45) is 4.99 Å². The molecule has 0 amide bonds. The lowest BCUT2D eigenvalue weighted by molar-refractivity contribution is -0.402. The molecule has 0 saturated carbocycles. The average Bonchev–Trinajstić information content (AvgIpc) is 2.87. The summed E-state index contributed by atoms with van der Waals surface area (Å²) in [6, 6.07) is 2.81. The van der Waals surface area contributed by atoms with E-state index in [-0.39, 0.29) is 5.88 Å².